The molecule has 0 amide bonds. The average molecular weight is 275 g/mol. The molecule has 4 heteroatoms. The summed E-state index contributed by atoms with van der Waals surface area (Å²) in [5.74, 6) is 0. The van der Waals surface area contributed by atoms with E-state index < -0.39 is 0 Å². The van der Waals surface area contributed by atoms with E-state index in [9.17, 15) is 0 Å². The first-order valence-corrected chi connectivity index (χ1v) is 7.90. The molecule has 1 saturated heterocycles. The molecule has 0 unspecified atom stereocenters. The predicted octanol–water partition coefficient (Wildman–Crippen LogP) is 3.22. The molecular weight excluding hydrogens is 254 g/mol. The second-order valence-electron chi connectivity index (χ2n) is 5.26. The van der Waals surface area contributed by atoms with Gasteiger partial charge in [-0.15, -0.1) is 0 Å². The first-order valence-electron chi connectivity index (χ1n) is 7.08. The number of nitrogens with zero attached hydrogens (tertiary/aromatic N) is 3. The lowest BCUT2D eigenvalue weighted by atomic mass is 10.0. The van der Waals surface area contributed by atoms with Gasteiger partial charge in [0.05, 0.1) is 10.2 Å². The third-order valence-corrected chi connectivity index (χ3v) is 5.24. The molecule has 0 spiro atoms. The highest BCUT2D eigenvalue weighted by Crippen LogP contribution is 2.30. The van der Waals surface area contributed by atoms with Crippen molar-refractivity contribution in [2.75, 3.05) is 31.6 Å². The van der Waals surface area contributed by atoms with Crippen LogP contribution in [0.15, 0.2) is 24.3 Å². The molecule has 102 valence electrons. The van der Waals surface area contributed by atoms with Crippen molar-refractivity contribution in [1.29, 1.82) is 0 Å². The van der Waals surface area contributed by atoms with Crippen LogP contribution in [0.1, 0.15) is 19.8 Å². The molecule has 0 radical (unpaired) electrons. The van der Waals surface area contributed by atoms with Crippen LogP contribution >= 0.6 is 11.3 Å². The van der Waals surface area contributed by atoms with Crippen molar-refractivity contribution in [2.45, 2.75) is 25.8 Å². The minimum Gasteiger partial charge on any atom is -0.348 e. The van der Waals surface area contributed by atoms with Gasteiger partial charge in [-0.3, -0.25) is 0 Å². The molecule has 3 rings (SSSR count). The van der Waals surface area contributed by atoms with Gasteiger partial charge in [0.2, 0.25) is 0 Å². The summed E-state index contributed by atoms with van der Waals surface area (Å²) in [7, 11) is 2.23. The number of benzene rings is 1. The Hall–Kier alpha value is -1.13. The average Bonchev–Trinajstić information content (AvgIpc) is 2.90. The molecule has 1 aliphatic rings. The van der Waals surface area contributed by atoms with Gasteiger partial charge in [0.25, 0.3) is 0 Å². The summed E-state index contributed by atoms with van der Waals surface area (Å²) in [6.45, 7) is 5.65. The van der Waals surface area contributed by atoms with Gasteiger partial charge in [-0.05, 0) is 38.6 Å². The number of anilines is 1. The van der Waals surface area contributed by atoms with E-state index in [1.807, 2.05) is 11.3 Å². The van der Waals surface area contributed by atoms with E-state index in [1.165, 1.54) is 22.7 Å². The summed E-state index contributed by atoms with van der Waals surface area (Å²) in [6, 6.07) is 9.16. The summed E-state index contributed by atoms with van der Waals surface area (Å²) < 4.78 is 1.30. The molecule has 3 nitrogen and oxygen atoms in total. The maximum atomic E-state index is 4.76. The summed E-state index contributed by atoms with van der Waals surface area (Å²) in [5, 5.41) is 1.19. The number of hydrogen-bond acceptors (Lipinski definition) is 4. The molecule has 0 N–H and O–H groups in total. The standard InChI is InChI=1S/C15H21N3S/c1-3-17(2)12-8-10-18(11-9-12)15-16-13-6-4-5-7-14(13)19-15/h4-7,12H,3,8-11H2,1-2H3. The van der Waals surface area contributed by atoms with Gasteiger partial charge in [0, 0.05) is 19.1 Å². The van der Waals surface area contributed by atoms with Crippen molar-refractivity contribution in [3.05, 3.63) is 24.3 Å². The number of aromatic nitrogens is 1. The van der Waals surface area contributed by atoms with Crippen LogP contribution in [0, 0.1) is 0 Å². The van der Waals surface area contributed by atoms with Crippen molar-refractivity contribution in [1.82, 2.24) is 9.88 Å². The topological polar surface area (TPSA) is 19.4 Å². The number of hydrogen-bond donors (Lipinski definition) is 0. The van der Waals surface area contributed by atoms with E-state index in [-0.39, 0.29) is 0 Å². The van der Waals surface area contributed by atoms with Crippen molar-refractivity contribution in [3.8, 4) is 0 Å². The van der Waals surface area contributed by atoms with Gasteiger partial charge in [0.1, 0.15) is 0 Å². The number of fused-ring (bicyclic) bond motifs is 1. The zero-order valence-electron chi connectivity index (χ0n) is 11.7. The largest absolute Gasteiger partial charge is 0.348 e. The Morgan fingerprint density at radius 1 is 1.32 bits per heavy atom. The smallest absolute Gasteiger partial charge is 0.186 e. The summed E-state index contributed by atoms with van der Waals surface area (Å²) >= 11 is 1.82. The zero-order valence-corrected chi connectivity index (χ0v) is 12.5. The molecule has 0 atom stereocenters. The zero-order chi connectivity index (χ0) is 13.2. The Bertz CT molecular complexity index is 510. The van der Waals surface area contributed by atoms with Crippen molar-refractivity contribution < 1.29 is 0 Å². The van der Waals surface area contributed by atoms with E-state index >= 15 is 0 Å². The highest BCUT2D eigenvalue weighted by Gasteiger charge is 2.23. The second-order valence-corrected chi connectivity index (χ2v) is 6.26. The highest BCUT2D eigenvalue weighted by molar-refractivity contribution is 7.22. The van der Waals surface area contributed by atoms with Crippen molar-refractivity contribution >= 4 is 26.7 Å². The summed E-state index contributed by atoms with van der Waals surface area (Å²) in [6.07, 6.45) is 2.50. The molecule has 1 aromatic carbocycles. The van der Waals surface area contributed by atoms with Crippen LogP contribution in [0.5, 0.6) is 0 Å². The van der Waals surface area contributed by atoms with Gasteiger partial charge < -0.3 is 9.80 Å². The Kier molecular flexibility index (Phi) is 3.71. The fourth-order valence-corrected chi connectivity index (χ4v) is 3.77. The minimum atomic E-state index is 0.746. The lowest BCUT2D eigenvalue weighted by Crippen LogP contribution is -2.43. The monoisotopic (exact) mass is 275 g/mol. The van der Waals surface area contributed by atoms with Gasteiger partial charge in [-0.2, -0.15) is 0 Å². The lowest BCUT2D eigenvalue weighted by molar-refractivity contribution is 0.217. The molecule has 2 heterocycles. The van der Waals surface area contributed by atoms with E-state index in [0.29, 0.717) is 0 Å². The fraction of sp³-hybridized carbons (Fsp3) is 0.533. The Balaban J connectivity index is 1.71. The number of rotatable bonds is 3. The molecule has 2 aromatic rings. The minimum absolute atomic E-state index is 0.746. The van der Waals surface area contributed by atoms with Crippen LogP contribution in [0.3, 0.4) is 0 Å². The predicted molar refractivity (Wildman–Crippen MR) is 83.2 cm³/mol. The van der Waals surface area contributed by atoms with Crippen molar-refractivity contribution in [3.63, 3.8) is 0 Å². The molecule has 0 aliphatic carbocycles. The SMILES string of the molecule is CCN(C)C1CCN(c2nc3ccccc3s2)CC1. The van der Waals surface area contributed by atoms with E-state index in [1.54, 1.807) is 0 Å². The van der Waals surface area contributed by atoms with Crippen LogP contribution in [-0.4, -0.2) is 42.6 Å². The first-order chi connectivity index (χ1) is 9.28. The Morgan fingerprint density at radius 2 is 2.05 bits per heavy atom. The fourth-order valence-electron chi connectivity index (χ4n) is 2.75. The first kappa shape index (κ1) is 12.9. The molecule has 0 saturated carbocycles. The molecule has 1 fully saturated rings. The number of thiazole rings is 1. The van der Waals surface area contributed by atoms with Gasteiger partial charge in [-0.25, -0.2) is 4.98 Å². The maximum absolute atomic E-state index is 4.76. The highest BCUT2D eigenvalue weighted by atomic mass is 32.1. The molecule has 0 bridgehead atoms. The molecule has 1 aliphatic heterocycles. The molecule has 19 heavy (non-hydrogen) atoms. The van der Waals surface area contributed by atoms with Crippen molar-refractivity contribution in [2.24, 2.45) is 0 Å². The van der Waals surface area contributed by atoms with Gasteiger partial charge >= 0.3 is 0 Å². The third kappa shape index (κ3) is 2.60. The quantitative estimate of drug-likeness (QED) is 0.857. The lowest BCUT2D eigenvalue weighted by Gasteiger charge is -2.36. The van der Waals surface area contributed by atoms with E-state index in [0.717, 1.165) is 31.2 Å². The molecular formula is C15H21N3S. The van der Waals surface area contributed by atoms with E-state index in [2.05, 4.69) is 48.0 Å². The van der Waals surface area contributed by atoms with Gasteiger partial charge in [-0.1, -0.05) is 30.4 Å². The van der Waals surface area contributed by atoms with Crippen LogP contribution in [0.4, 0.5) is 5.13 Å². The van der Waals surface area contributed by atoms with Crippen LogP contribution in [0.2, 0.25) is 0 Å². The summed E-state index contributed by atoms with van der Waals surface area (Å²) in [5.41, 5.74) is 1.13. The number of para-hydroxylation sites is 1. The Morgan fingerprint density at radius 3 is 2.74 bits per heavy atom. The maximum Gasteiger partial charge on any atom is 0.186 e. The number of piperidine rings is 1. The van der Waals surface area contributed by atoms with E-state index in [4.69, 9.17) is 4.98 Å². The molecule has 1 aromatic heterocycles. The summed E-state index contributed by atoms with van der Waals surface area (Å²) in [4.78, 5) is 9.67. The van der Waals surface area contributed by atoms with Crippen LogP contribution < -0.4 is 4.90 Å². The second kappa shape index (κ2) is 5.47. The van der Waals surface area contributed by atoms with Crippen LogP contribution in [0.25, 0.3) is 10.2 Å². The van der Waals surface area contributed by atoms with Gasteiger partial charge in [0.15, 0.2) is 5.13 Å². The third-order valence-electron chi connectivity index (χ3n) is 4.14. The van der Waals surface area contributed by atoms with Crippen LogP contribution in [-0.2, 0) is 0 Å². The normalized spacial score (nSPS) is 17.5. The Labute approximate surface area is 118 Å².